The summed E-state index contributed by atoms with van der Waals surface area (Å²) in [7, 11) is 1.80. The van der Waals surface area contributed by atoms with Crippen LogP contribution in [0.5, 0.6) is 0 Å². The lowest BCUT2D eigenvalue weighted by Gasteiger charge is -2.35. The standard InChI is InChI=1S/C13H27N3O/c1-4-11-6-5-8-16(10-11)9-7-13(2,15-3)12(14)17/h11,15H,4-10H2,1-3H3,(H2,14,17). The van der Waals surface area contributed by atoms with Crippen molar-refractivity contribution in [3.63, 3.8) is 0 Å². The molecular weight excluding hydrogens is 214 g/mol. The van der Waals surface area contributed by atoms with Crippen LogP contribution in [-0.4, -0.2) is 43.0 Å². The predicted molar refractivity (Wildman–Crippen MR) is 70.7 cm³/mol. The molecule has 17 heavy (non-hydrogen) atoms. The lowest BCUT2D eigenvalue weighted by molar-refractivity contribution is -0.124. The molecule has 4 heteroatoms. The molecule has 2 atom stereocenters. The molecule has 1 saturated heterocycles. The van der Waals surface area contributed by atoms with Crippen molar-refractivity contribution in [2.45, 2.75) is 45.1 Å². The first-order valence-corrected chi connectivity index (χ1v) is 6.73. The summed E-state index contributed by atoms with van der Waals surface area (Å²) in [5, 5.41) is 3.04. The smallest absolute Gasteiger partial charge is 0.237 e. The normalized spacial score (nSPS) is 25.5. The predicted octanol–water partition coefficient (Wildman–Crippen LogP) is 0.962. The Hall–Kier alpha value is -0.610. The number of hydrogen-bond donors (Lipinski definition) is 2. The first-order chi connectivity index (χ1) is 8.01. The van der Waals surface area contributed by atoms with Crippen molar-refractivity contribution < 1.29 is 4.79 Å². The number of likely N-dealkylation sites (N-methyl/N-ethyl adjacent to an activating group) is 1. The number of amides is 1. The quantitative estimate of drug-likeness (QED) is 0.728. The zero-order valence-corrected chi connectivity index (χ0v) is 11.5. The highest BCUT2D eigenvalue weighted by Gasteiger charge is 2.30. The van der Waals surface area contributed by atoms with E-state index in [1.165, 1.54) is 25.8 Å². The van der Waals surface area contributed by atoms with Crippen LogP contribution >= 0.6 is 0 Å². The first-order valence-electron chi connectivity index (χ1n) is 6.73. The van der Waals surface area contributed by atoms with E-state index in [4.69, 9.17) is 5.73 Å². The highest BCUT2D eigenvalue weighted by molar-refractivity contribution is 5.84. The number of primary amides is 1. The number of nitrogens with one attached hydrogen (secondary N) is 1. The van der Waals surface area contributed by atoms with E-state index in [1.54, 1.807) is 7.05 Å². The first kappa shape index (κ1) is 14.5. The van der Waals surface area contributed by atoms with E-state index in [-0.39, 0.29) is 5.91 Å². The molecule has 0 aliphatic carbocycles. The number of piperidine rings is 1. The van der Waals surface area contributed by atoms with Gasteiger partial charge in [0.25, 0.3) is 0 Å². The van der Waals surface area contributed by atoms with Gasteiger partial charge in [0, 0.05) is 13.1 Å². The van der Waals surface area contributed by atoms with Crippen molar-refractivity contribution in [3.05, 3.63) is 0 Å². The van der Waals surface area contributed by atoms with Gasteiger partial charge in [-0.2, -0.15) is 0 Å². The van der Waals surface area contributed by atoms with E-state index in [2.05, 4.69) is 17.1 Å². The van der Waals surface area contributed by atoms with Gasteiger partial charge < -0.3 is 16.0 Å². The van der Waals surface area contributed by atoms with E-state index < -0.39 is 5.54 Å². The third-order valence-corrected chi connectivity index (χ3v) is 4.20. The second-order valence-electron chi connectivity index (χ2n) is 5.41. The summed E-state index contributed by atoms with van der Waals surface area (Å²) in [5.74, 6) is 0.572. The molecule has 0 aromatic carbocycles. The molecule has 0 bridgehead atoms. The van der Waals surface area contributed by atoms with Crippen LogP contribution in [-0.2, 0) is 4.79 Å². The van der Waals surface area contributed by atoms with E-state index in [9.17, 15) is 4.79 Å². The van der Waals surface area contributed by atoms with Gasteiger partial charge in [-0.3, -0.25) is 4.79 Å². The molecule has 1 aliphatic heterocycles. The Labute approximate surface area is 105 Å². The van der Waals surface area contributed by atoms with Crippen LogP contribution in [0, 0.1) is 5.92 Å². The SMILES string of the molecule is CCC1CCCN(CCC(C)(NC)C(N)=O)C1. The zero-order chi connectivity index (χ0) is 12.9. The van der Waals surface area contributed by atoms with Crippen LogP contribution in [0.4, 0.5) is 0 Å². The highest BCUT2D eigenvalue weighted by atomic mass is 16.1. The van der Waals surface area contributed by atoms with Crippen LogP contribution in [0.25, 0.3) is 0 Å². The maximum absolute atomic E-state index is 11.4. The minimum absolute atomic E-state index is 0.260. The lowest BCUT2D eigenvalue weighted by atomic mass is 9.93. The van der Waals surface area contributed by atoms with Crippen LogP contribution in [0.1, 0.15) is 39.5 Å². The van der Waals surface area contributed by atoms with Crippen molar-refractivity contribution in [3.8, 4) is 0 Å². The van der Waals surface area contributed by atoms with Gasteiger partial charge >= 0.3 is 0 Å². The Kier molecular flexibility index (Phi) is 5.40. The summed E-state index contributed by atoms with van der Waals surface area (Å²) < 4.78 is 0. The molecule has 0 aromatic heterocycles. The van der Waals surface area contributed by atoms with Crippen molar-refractivity contribution in [1.82, 2.24) is 10.2 Å². The monoisotopic (exact) mass is 241 g/mol. The molecular formula is C13H27N3O. The average Bonchev–Trinajstić information content (AvgIpc) is 2.36. The molecule has 2 unspecified atom stereocenters. The van der Waals surface area contributed by atoms with Crippen LogP contribution < -0.4 is 11.1 Å². The Morgan fingerprint density at radius 3 is 2.82 bits per heavy atom. The average molecular weight is 241 g/mol. The molecule has 0 spiro atoms. The molecule has 4 nitrogen and oxygen atoms in total. The van der Waals surface area contributed by atoms with Crippen molar-refractivity contribution in [2.75, 3.05) is 26.7 Å². The minimum Gasteiger partial charge on any atom is -0.368 e. The lowest BCUT2D eigenvalue weighted by Crippen LogP contribution is -2.53. The Morgan fingerprint density at radius 1 is 1.59 bits per heavy atom. The van der Waals surface area contributed by atoms with Gasteiger partial charge in [0.2, 0.25) is 5.91 Å². The Bertz CT molecular complexity index is 257. The summed E-state index contributed by atoms with van der Waals surface area (Å²) in [6.45, 7) is 7.44. The van der Waals surface area contributed by atoms with Crippen LogP contribution in [0.3, 0.4) is 0 Å². The number of nitrogens with two attached hydrogens (primary N) is 1. The van der Waals surface area contributed by atoms with Gasteiger partial charge in [0.1, 0.15) is 0 Å². The fraction of sp³-hybridized carbons (Fsp3) is 0.923. The third-order valence-electron chi connectivity index (χ3n) is 4.20. The van der Waals surface area contributed by atoms with Gasteiger partial charge in [-0.05, 0) is 45.7 Å². The fourth-order valence-electron chi connectivity index (χ4n) is 2.44. The van der Waals surface area contributed by atoms with Crippen LogP contribution in [0.2, 0.25) is 0 Å². The summed E-state index contributed by atoms with van der Waals surface area (Å²) >= 11 is 0. The van der Waals surface area contributed by atoms with Gasteiger partial charge in [-0.25, -0.2) is 0 Å². The molecule has 1 heterocycles. The largest absolute Gasteiger partial charge is 0.368 e. The number of carbonyl (C=O) groups is 1. The molecule has 0 saturated carbocycles. The molecule has 1 aliphatic rings. The molecule has 0 aromatic rings. The van der Waals surface area contributed by atoms with Crippen molar-refractivity contribution in [2.24, 2.45) is 11.7 Å². The molecule has 0 radical (unpaired) electrons. The minimum atomic E-state index is -0.570. The molecule has 1 amide bonds. The van der Waals surface area contributed by atoms with Gasteiger partial charge in [0.05, 0.1) is 5.54 Å². The second-order valence-corrected chi connectivity index (χ2v) is 5.41. The zero-order valence-electron chi connectivity index (χ0n) is 11.5. The number of hydrogen-bond acceptors (Lipinski definition) is 3. The van der Waals surface area contributed by atoms with Gasteiger partial charge in [-0.1, -0.05) is 13.3 Å². The Balaban J connectivity index is 2.41. The molecule has 3 N–H and O–H groups in total. The number of nitrogens with zero attached hydrogens (tertiary/aromatic N) is 1. The van der Waals surface area contributed by atoms with E-state index in [0.29, 0.717) is 0 Å². The number of carbonyl (C=O) groups excluding carboxylic acids is 1. The second kappa shape index (κ2) is 6.36. The Morgan fingerprint density at radius 2 is 2.29 bits per heavy atom. The highest BCUT2D eigenvalue weighted by Crippen LogP contribution is 2.20. The van der Waals surface area contributed by atoms with Crippen LogP contribution in [0.15, 0.2) is 0 Å². The topological polar surface area (TPSA) is 58.4 Å². The van der Waals surface area contributed by atoms with E-state index in [1.807, 2.05) is 6.92 Å². The van der Waals surface area contributed by atoms with Crippen molar-refractivity contribution in [1.29, 1.82) is 0 Å². The summed E-state index contributed by atoms with van der Waals surface area (Å²) in [4.78, 5) is 13.9. The molecule has 100 valence electrons. The molecule has 1 rings (SSSR count). The van der Waals surface area contributed by atoms with E-state index in [0.717, 1.165) is 25.4 Å². The fourth-order valence-corrected chi connectivity index (χ4v) is 2.44. The third kappa shape index (κ3) is 3.96. The van der Waals surface area contributed by atoms with Gasteiger partial charge in [-0.15, -0.1) is 0 Å². The maximum Gasteiger partial charge on any atom is 0.237 e. The summed E-state index contributed by atoms with van der Waals surface area (Å²) in [6, 6.07) is 0. The summed E-state index contributed by atoms with van der Waals surface area (Å²) in [5.41, 5.74) is 4.86. The summed E-state index contributed by atoms with van der Waals surface area (Å²) in [6.07, 6.45) is 4.68. The van der Waals surface area contributed by atoms with Crippen molar-refractivity contribution >= 4 is 5.91 Å². The van der Waals surface area contributed by atoms with Gasteiger partial charge in [0.15, 0.2) is 0 Å². The maximum atomic E-state index is 11.4. The van der Waals surface area contributed by atoms with E-state index >= 15 is 0 Å². The number of likely N-dealkylation sites (tertiary alicyclic amines) is 1. The molecule has 1 fully saturated rings. The number of rotatable bonds is 6.